The normalized spacial score (nSPS) is 13.6. The molecule has 0 saturated carbocycles. The summed E-state index contributed by atoms with van der Waals surface area (Å²) >= 11 is 1.69. The van der Waals surface area contributed by atoms with Gasteiger partial charge < -0.3 is 30.9 Å². The maximum atomic E-state index is 14.6. The van der Waals surface area contributed by atoms with Crippen LogP contribution in [0.4, 0.5) is 20.4 Å². The molecular formula is C29H33F2N5O6S. The molecule has 230 valence electrons. The fourth-order valence-electron chi connectivity index (χ4n) is 3.82. The van der Waals surface area contributed by atoms with E-state index in [-0.39, 0.29) is 24.3 Å². The lowest BCUT2D eigenvalue weighted by Gasteiger charge is -2.21. The lowest BCUT2D eigenvalue weighted by atomic mass is 9.87. The van der Waals surface area contributed by atoms with Crippen molar-refractivity contribution in [3.63, 3.8) is 0 Å². The number of nitrogens with two attached hydrogens (primary N) is 1. The van der Waals surface area contributed by atoms with E-state index in [0.717, 1.165) is 17.5 Å². The first-order chi connectivity index (χ1) is 20.5. The van der Waals surface area contributed by atoms with Gasteiger partial charge in [0.2, 0.25) is 17.7 Å². The van der Waals surface area contributed by atoms with Crippen LogP contribution in [0.2, 0.25) is 0 Å². The number of fused-ring (bicyclic) bond motifs is 6. The van der Waals surface area contributed by atoms with Gasteiger partial charge in [-0.15, -0.1) is 0 Å². The molecule has 1 aromatic carbocycles. The second-order valence-electron chi connectivity index (χ2n) is 9.64. The summed E-state index contributed by atoms with van der Waals surface area (Å²) in [7, 11) is 0. The van der Waals surface area contributed by atoms with Crippen LogP contribution in [0.15, 0.2) is 42.6 Å². The van der Waals surface area contributed by atoms with Gasteiger partial charge in [-0.05, 0) is 49.4 Å². The number of aliphatic carboxylic acids is 1. The minimum atomic E-state index is -1.50. The van der Waals surface area contributed by atoms with E-state index in [1.54, 1.807) is 24.8 Å². The molecular weight excluding hydrogens is 584 g/mol. The fraction of sp³-hybridized carbons (Fsp3) is 0.345. The number of benzene rings is 1. The summed E-state index contributed by atoms with van der Waals surface area (Å²) in [6.45, 7) is 3.22. The van der Waals surface area contributed by atoms with Crippen LogP contribution in [-0.2, 0) is 20.1 Å². The maximum Gasteiger partial charge on any atom is 0.318 e. The number of amides is 2. The predicted octanol–water partition coefficient (Wildman–Crippen LogP) is 4.28. The van der Waals surface area contributed by atoms with E-state index in [1.165, 1.54) is 25.1 Å². The molecule has 11 nitrogen and oxygen atoms in total. The molecule has 43 heavy (non-hydrogen) atoms. The monoisotopic (exact) mass is 617 g/mol. The minimum absolute atomic E-state index is 0.146. The number of pyridine rings is 2. The standard InChI is InChI=1S/C21H19F2N3O2S.C8H14N2O4/c1-29-12-13-7-20-25-19-10-16(17(23)11-24-19)15-4-3-14(22)9-18(15)27-5-2-6-28-21(8-13)26-20;1-3-8(2,7(13)14)6(12)10-4-5(9)11/h3-4,7-11H,2,5-6,12H2,1H3,(H,24,25,26);3-4H2,1-2H3,(H2,9,11)(H,10,12)(H,13,14). The first kappa shape index (κ1) is 33.0. The Labute approximate surface area is 251 Å². The van der Waals surface area contributed by atoms with Crippen molar-refractivity contribution in [1.29, 1.82) is 0 Å². The van der Waals surface area contributed by atoms with Crippen LogP contribution in [0, 0.1) is 17.0 Å². The molecule has 0 radical (unpaired) electrons. The molecule has 0 saturated heterocycles. The number of thioether (sulfide) groups is 1. The highest BCUT2D eigenvalue weighted by Gasteiger charge is 2.39. The number of aromatic nitrogens is 2. The number of hydrogen-bond acceptors (Lipinski definition) is 9. The van der Waals surface area contributed by atoms with Crippen molar-refractivity contribution >= 4 is 41.2 Å². The zero-order valence-electron chi connectivity index (χ0n) is 23.9. The summed E-state index contributed by atoms with van der Waals surface area (Å²) in [5.41, 5.74) is 5.07. The molecule has 0 aliphatic carbocycles. The number of rotatable bonds is 7. The number of ether oxygens (including phenoxy) is 2. The van der Waals surface area contributed by atoms with Gasteiger partial charge in [-0.25, -0.2) is 13.8 Å². The van der Waals surface area contributed by atoms with Crippen LogP contribution < -0.4 is 25.8 Å². The van der Waals surface area contributed by atoms with E-state index in [9.17, 15) is 23.2 Å². The van der Waals surface area contributed by atoms with Crippen LogP contribution in [0.5, 0.6) is 11.6 Å². The molecule has 0 spiro atoms. The van der Waals surface area contributed by atoms with E-state index in [4.69, 9.17) is 20.3 Å². The lowest BCUT2D eigenvalue weighted by Crippen LogP contribution is -2.46. The van der Waals surface area contributed by atoms with Crippen LogP contribution in [0.3, 0.4) is 0 Å². The molecule has 5 N–H and O–H groups in total. The molecule has 2 aromatic heterocycles. The number of carboxylic acid groups (broad SMARTS) is 1. The Balaban J connectivity index is 0.000000308. The van der Waals surface area contributed by atoms with Crippen molar-refractivity contribution in [3.8, 4) is 22.8 Å². The number of nitrogens with zero attached hydrogens (tertiary/aromatic N) is 2. The molecule has 14 heteroatoms. The Kier molecular flexibility index (Phi) is 11.6. The smallest absolute Gasteiger partial charge is 0.318 e. The Morgan fingerprint density at radius 3 is 2.53 bits per heavy atom. The summed E-state index contributed by atoms with van der Waals surface area (Å²) in [4.78, 5) is 41.0. The van der Waals surface area contributed by atoms with Crippen molar-refractivity contribution in [1.82, 2.24) is 15.3 Å². The number of anilines is 2. The minimum Gasteiger partial charge on any atom is -0.493 e. The third kappa shape index (κ3) is 9.01. The number of carboxylic acids is 1. The topological polar surface area (TPSA) is 166 Å². The zero-order chi connectivity index (χ0) is 31.6. The lowest BCUT2D eigenvalue weighted by molar-refractivity contribution is -0.155. The van der Waals surface area contributed by atoms with Gasteiger partial charge in [0.25, 0.3) is 0 Å². The highest BCUT2D eigenvalue weighted by atomic mass is 32.2. The first-order valence-electron chi connectivity index (χ1n) is 13.2. The van der Waals surface area contributed by atoms with E-state index in [2.05, 4.69) is 20.6 Å². The van der Waals surface area contributed by atoms with E-state index in [1.807, 2.05) is 18.4 Å². The number of hydrogen-bond donors (Lipinski definition) is 4. The van der Waals surface area contributed by atoms with Gasteiger partial charge >= 0.3 is 5.97 Å². The van der Waals surface area contributed by atoms with Crippen LogP contribution >= 0.6 is 11.8 Å². The van der Waals surface area contributed by atoms with Gasteiger partial charge in [-0.3, -0.25) is 14.4 Å². The first-order valence-corrected chi connectivity index (χ1v) is 14.6. The van der Waals surface area contributed by atoms with Gasteiger partial charge in [-0.2, -0.15) is 16.7 Å². The van der Waals surface area contributed by atoms with E-state index < -0.39 is 34.8 Å². The summed E-state index contributed by atoms with van der Waals surface area (Å²) in [6, 6.07) is 9.40. The highest BCUT2D eigenvalue weighted by molar-refractivity contribution is 7.97. The van der Waals surface area contributed by atoms with Gasteiger partial charge in [0.1, 0.15) is 34.4 Å². The molecule has 1 aliphatic heterocycles. The summed E-state index contributed by atoms with van der Waals surface area (Å²) in [6.07, 6.45) is 3.86. The van der Waals surface area contributed by atoms with Gasteiger partial charge in [0, 0.05) is 35.4 Å². The number of carbonyl (C=O) groups is 3. The molecule has 4 bridgehead atoms. The number of halogens is 2. The Morgan fingerprint density at radius 1 is 1.12 bits per heavy atom. The zero-order valence-corrected chi connectivity index (χ0v) is 24.7. The van der Waals surface area contributed by atoms with Crippen molar-refractivity contribution in [3.05, 3.63) is 59.8 Å². The average Bonchev–Trinajstić information content (AvgIpc) is 2.96. The third-order valence-corrected chi connectivity index (χ3v) is 7.04. The largest absolute Gasteiger partial charge is 0.493 e. The van der Waals surface area contributed by atoms with Crippen LogP contribution in [-0.4, -0.2) is 58.9 Å². The number of primary amides is 1. The quantitative estimate of drug-likeness (QED) is 0.281. The predicted molar refractivity (Wildman–Crippen MR) is 158 cm³/mol. The van der Waals surface area contributed by atoms with Crippen molar-refractivity contribution in [2.45, 2.75) is 32.4 Å². The van der Waals surface area contributed by atoms with Gasteiger partial charge in [-0.1, -0.05) is 6.92 Å². The molecule has 3 heterocycles. The Hall–Kier alpha value is -4.46. The Bertz CT molecular complexity index is 1480. The van der Waals surface area contributed by atoms with Crippen molar-refractivity contribution in [2.75, 3.05) is 31.3 Å². The summed E-state index contributed by atoms with van der Waals surface area (Å²) in [5.74, 6) is -1.06. The van der Waals surface area contributed by atoms with Gasteiger partial charge in [0.15, 0.2) is 0 Å². The Morgan fingerprint density at radius 2 is 1.86 bits per heavy atom. The highest BCUT2D eigenvalue weighted by Crippen LogP contribution is 2.34. The SMILES string of the molecule is CCC(C)(C(=O)O)C(=O)NCC(N)=O.CSCc1cc2nc(c1)OCCCOc1cc(F)ccc1-c1cc(ncc1F)N2. The molecule has 2 amide bonds. The van der Waals surface area contributed by atoms with E-state index >= 15 is 0 Å². The van der Waals surface area contributed by atoms with Crippen LogP contribution in [0.25, 0.3) is 11.1 Å². The molecule has 1 unspecified atom stereocenters. The molecule has 0 fully saturated rings. The van der Waals surface area contributed by atoms with Crippen LogP contribution in [0.1, 0.15) is 32.3 Å². The molecule has 1 aliphatic rings. The average molecular weight is 618 g/mol. The second-order valence-corrected chi connectivity index (χ2v) is 10.5. The van der Waals surface area contributed by atoms with E-state index in [0.29, 0.717) is 42.7 Å². The van der Waals surface area contributed by atoms with Crippen molar-refractivity contribution in [2.24, 2.45) is 11.1 Å². The summed E-state index contributed by atoms with van der Waals surface area (Å²) in [5, 5.41) is 14.1. The maximum absolute atomic E-state index is 14.6. The summed E-state index contributed by atoms with van der Waals surface area (Å²) < 4.78 is 39.8. The molecule has 3 aromatic rings. The van der Waals surface area contributed by atoms with Crippen molar-refractivity contribution < 1.29 is 37.7 Å². The number of carbonyl (C=O) groups excluding carboxylic acids is 2. The van der Waals surface area contributed by atoms with Gasteiger partial charge in [0.05, 0.1) is 26.0 Å². The number of nitrogens with one attached hydrogen (secondary N) is 2. The molecule has 1 atom stereocenters. The molecule has 4 rings (SSSR count). The third-order valence-electron chi connectivity index (χ3n) is 6.42. The second kappa shape index (κ2) is 15.1. The fourth-order valence-corrected chi connectivity index (χ4v) is 4.32.